The summed E-state index contributed by atoms with van der Waals surface area (Å²) in [6, 6.07) is 0. The molecule has 88 valence electrons. The first-order valence-electron chi connectivity index (χ1n) is 5.91. The van der Waals surface area contributed by atoms with Gasteiger partial charge in [-0.3, -0.25) is 0 Å². The van der Waals surface area contributed by atoms with Crippen molar-refractivity contribution in [2.24, 2.45) is 0 Å². The van der Waals surface area contributed by atoms with Gasteiger partial charge in [0.15, 0.2) is 0 Å². The highest BCUT2D eigenvalue weighted by molar-refractivity contribution is 5.06. The molecule has 0 saturated carbocycles. The Labute approximate surface area is 95.7 Å². The number of hydrogen-bond acceptors (Lipinski definition) is 4. The van der Waals surface area contributed by atoms with Gasteiger partial charge in [0.1, 0.15) is 6.33 Å². The first kappa shape index (κ1) is 11.5. The number of aliphatic hydroxyl groups excluding tert-OH is 1. The molecule has 1 aromatic heterocycles. The van der Waals surface area contributed by atoms with Gasteiger partial charge < -0.3 is 9.84 Å². The maximum absolute atomic E-state index is 9.92. The summed E-state index contributed by atoms with van der Waals surface area (Å²) in [7, 11) is 0. The second-order valence-corrected chi connectivity index (χ2v) is 4.25. The molecule has 1 aliphatic heterocycles. The lowest BCUT2D eigenvalue weighted by molar-refractivity contribution is 0.00208. The van der Waals surface area contributed by atoms with Gasteiger partial charge in [-0.2, -0.15) is 0 Å². The van der Waals surface area contributed by atoms with Gasteiger partial charge >= 0.3 is 0 Å². The summed E-state index contributed by atoms with van der Waals surface area (Å²) in [5.41, 5.74) is 0.790. The Hall–Kier alpha value is -1.00. The van der Waals surface area contributed by atoms with Crippen LogP contribution in [-0.2, 0) is 4.74 Å². The molecule has 16 heavy (non-hydrogen) atoms. The minimum absolute atomic E-state index is 0.327. The van der Waals surface area contributed by atoms with Crippen molar-refractivity contribution in [3.8, 4) is 0 Å². The molecule has 2 atom stereocenters. The van der Waals surface area contributed by atoms with Crippen LogP contribution in [-0.4, -0.2) is 27.8 Å². The lowest BCUT2D eigenvalue weighted by atomic mass is 10.0. The van der Waals surface area contributed by atoms with E-state index in [-0.39, 0.29) is 0 Å². The van der Waals surface area contributed by atoms with Crippen molar-refractivity contribution in [3.63, 3.8) is 0 Å². The van der Waals surface area contributed by atoms with Crippen LogP contribution in [0.5, 0.6) is 0 Å². The predicted molar refractivity (Wildman–Crippen MR) is 59.8 cm³/mol. The fourth-order valence-corrected chi connectivity index (χ4v) is 2.03. The van der Waals surface area contributed by atoms with E-state index >= 15 is 0 Å². The van der Waals surface area contributed by atoms with Crippen molar-refractivity contribution < 1.29 is 9.84 Å². The smallest absolute Gasteiger partial charge is 0.115 e. The van der Waals surface area contributed by atoms with Crippen LogP contribution < -0.4 is 0 Å². The number of ether oxygens (including phenoxy) is 1. The summed E-state index contributed by atoms with van der Waals surface area (Å²) < 4.78 is 5.62. The van der Waals surface area contributed by atoms with E-state index in [2.05, 4.69) is 9.97 Å². The minimum Gasteiger partial charge on any atom is -0.388 e. The van der Waals surface area contributed by atoms with Crippen molar-refractivity contribution in [2.45, 2.75) is 44.3 Å². The Morgan fingerprint density at radius 1 is 1.38 bits per heavy atom. The second-order valence-electron chi connectivity index (χ2n) is 4.25. The third-order valence-corrected chi connectivity index (χ3v) is 3.00. The van der Waals surface area contributed by atoms with Crippen LogP contribution in [0, 0.1) is 0 Å². The Balaban J connectivity index is 1.77. The maximum atomic E-state index is 9.92. The minimum atomic E-state index is -0.466. The van der Waals surface area contributed by atoms with Gasteiger partial charge in [0.2, 0.25) is 0 Å². The Morgan fingerprint density at radius 3 is 2.88 bits per heavy atom. The fraction of sp³-hybridized carbons (Fsp3) is 0.667. The summed E-state index contributed by atoms with van der Waals surface area (Å²) in [6.07, 6.45) is 9.84. The molecule has 2 rings (SSSR count). The molecule has 0 radical (unpaired) electrons. The number of rotatable bonds is 4. The second kappa shape index (κ2) is 5.92. The molecule has 0 bridgehead atoms. The van der Waals surface area contributed by atoms with Crippen molar-refractivity contribution in [2.75, 3.05) is 6.61 Å². The summed E-state index contributed by atoms with van der Waals surface area (Å²) in [4.78, 5) is 7.80. The lowest BCUT2D eigenvalue weighted by Gasteiger charge is -2.23. The SMILES string of the molecule is OC(CCC1CCCCO1)c1cncnc1. The average Bonchev–Trinajstić information content (AvgIpc) is 2.38. The first-order chi connectivity index (χ1) is 7.86. The molecule has 1 N–H and O–H groups in total. The predicted octanol–water partition coefficient (Wildman–Crippen LogP) is 1.86. The number of nitrogens with zero attached hydrogens (tertiary/aromatic N) is 2. The normalized spacial score (nSPS) is 22.9. The van der Waals surface area contributed by atoms with E-state index in [0.717, 1.165) is 31.4 Å². The first-order valence-corrected chi connectivity index (χ1v) is 5.91. The van der Waals surface area contributed by atoms with E-state index in [1.807, 2.05) is 0 Å². The van der Waals surface area contributed by atoms with E-state index < -0.39 is 6.10 Å². The Kier molecular flexibility index (Phi) is 4.25. The molecular weight excluding hydrogens is 204 g/mol. The lowest BCUT2D eigenvalue weighted by Crippen LogP contribution is -2.19. The molecule has 1 saturated heterocycles. The van der Waals surface area contributed by atoms with Crippen LogP contribution in [0.3, 0.4) is 0 Å². The maximum Gasteiger partial charge on any atom is 0.115 e. The standard InChI is InChI=1S/C12H18N2O2/c15-12(10-7-13-9-14-8-10)5-4-11-3-1-2-6-16-11/h7-9,11-12,15H,1-6H2. The summed E-state index contributed by atoms with van der Waals surface area (Å²) in [6.45, 7) is 0.870. The highest BCUT2D eigenvalue weighted by Gasteiger charge is 2.16. The molecule has 2 unspecified atom stereocenters. The molecule has 0 spiro atoms. The molecule has 1 aromatic rings. The van der Waals surface area contributed by atoms with Crippen molar-refractivity contribution >= 4 is 0 Å². The van der Waals surface area contributed by atoms with Gasteiger partial charge in [-0.25, -0.2) is 9.97 Å². The highest BCUT2D eigenvalue weighted by Crippen LogP contribution is 2.22. The molecule has 0 aliphatic carbocycles. The molecule has 0 aromatic carbocycles. The zero-order valence-electron chi connectivity index (χ0n) is 9.38. The van der Waals surface area contributed by atoms with Crippen LogP contribution in [0.15, 0.2) is 18.7 Å². The van der Waals surface area contributed by atoms with Gasteiger partial charge in [-0.1, -0.05) is 0 Å². The van der Waals surface area contributed by atoms with E-state index in [1.54, 1.807) is 12.4 Å². The van der Waals surface area contributed by atoms with Crippen LogP contribution >= 0.6 is 0 Å². The van der Waals surface area contributed by atoms with Gasteiger partial charge in [-0.05, 0) is 32.1 Å². The molecule has 4 heteroatoms. The number of aromatic nitrogens is 2. The van der Waals surface area contributed by atoms with Crippen LogP contribution in [0.4, 0.5) is 0 Å². The van der Waals surface area contributed by atoms with Crippen molar-refractivity contribution in [1.29, 1.82) is 0 Å². The van der Waals surface area contributed by atoms with Crippen molar-refractivity contribution in [3.05, 3.63) is 24.3 Å². The average molecular weight is 222 g/mol. The van der Waals surface area contributed by atoms with E-state index in [9.17, 15) is 5.11 Å². The van der Waals surface area contributed by atoms with E-state index in [1.165, 1.54) is 19.2 Å². The quantitative estimate of drug-likeness (QED) is 0.844. The Morgan fingerprint density at radius 2 is 2.19 bits per heavy atom. The van der Waals surface area contributed by atoms with E-state index in [0.29, 0.717) is 6.10 Å². The third kappa shape index (κ3) is 3.25. The summed E-state index contributed by atoms with van der Waals surface area (Å²) >= 11 is 0. The van der Waals surface area contributed by atoms with Crippen LogP contribution in [0.2, 0.25) is 0 Å². The Bertz CT molecular complexity index is 299. The number of hydrogen-bond donors (Lipinski definition) is 1. The summed E-state index contributed by atoms with van der Waals surface area (Å²) in [5, 5.41) is 9.92. The van der Waals surface area contributed by atoms with Crippen molar-refractivity contribution in [1.82, 2.24) is 9.97 Å². The van der Waals surface area contributed by atoms with Crippen LogP contribution in [0.1, 0.15) is 43.8 Å². The largest absolute Gasteiger partial charge is 0.388 e. The van der Waals surface area contributed by atoms with Gasteiger partial charge in [0.25, 0.3) is 0 Å². The third-order valence-electron chi connectivity index (χ3n) is 3.00. The van der Waals surface area contributed by atoms with E-state index in [4.69, 9.17) is 4.74 Å². The molecule has 1 aliphatic rings. The highest BCUT2D eigenvalue weighted by atomic mass is 16.5. The van der Waals surface area contributed by atoms with Crippen LogP contribution in [0.25, 0.3) is 0 Å². The molecule has 0 amide bonds. The monoisotopic (exact) mass is 222 g/mol. The molecule has 1 fully saturated rings. The molecule has 2 heterocycles. The van der Waals surface area contributed by atoms with Gasteiger partial charge in [0.05, 0.1) is 12.2 Å². The zero-order chi connectivity index (χ0) is 11.2. The zero-order valence-corrected chi connectivity index (χ0v) is 9.38. The van der Waals surface area contributed by atoms with Gasteiger partial charge in [-0.15, -0.1) is 0 Å². The summed E-state index contributed by atoms with van der Waals surface area (Å²) in [5.74, 6) is 0. The topological polar surface area (TPSA) is 55.2 Å². The number of aliphatic hydroxyl groups is 1. The molecule has 4 nitrogen and oxygen atoms in total. The molecular formula is C12H18N2O2. The van der Waals surface area contributed by atoms with Gasteiger partial charge in [0, 0.05) is 24.6 Å². The fourth-order valence-electron chi connectivity index (χ4n) is 2.03.